The molecular formula is C42H64O4. The van der Waals surface area contributed by atoms with Crippen LogP contribution in [0, 0.1) is 50.2 Å². The summed E-state index contributed by atoms with van der Waals surface area (Å²) in [4.78, 5) is 0. The van der Waals surface area contributed by atoms with Gasteiger partial charge in [-0.05, 0) is 123 Å². The molecule has 4 saturated carbocycles. The molecule has 0 N–H and O–H groups in total. The van der Waals surface area contributed by atoms with Gasteiger partial charge in [-0.25, -0.2) is 0 Å². The Hall–Kier alpha value is -1.36. The van der Waals surface area contributed by atoms with E-state index in [2.05, 4.69) is 68.4 Å². The first-order valence-electron chi connectivity index (χ1n) is 18.9. The van der Waals surface area contributed by atoms with E-state index < -0.39 is 5.79 Å². The van der Waals surface area contributed by atoms with Gasteiger partial charge in [-0.3, -0.25) is 0 Å². The number of benzene rings is 1. The highest BCUT2D eigenvalue weighted by Gasteiger charge is 2.70. The number of ether oxygens (including phenoxy) is 4. The number of hydrogen-bond donors (Lipinski definition) is 0. The summed E-state index contributed by atoms with van der Waals surface area (Å²) in [6.07, 6.45) is 15.7. The fourth-order valence-electron chi connectivity index (χ4n) is 12.8. The molecule has 10 atom stereocenters. The molecule has 4 heteroatoms. The molecule has 256 valence electrons. The van der Waals surface area contributed by atoms with Crippen LogP contribution < -0.4 is 4.74 Å². The molecule has 0 aromatic heterocycles. The molecule has 1 aliphatic heterocycles. The first kappa shape index (κ1) is 33.2. The molecule has 1 aromatic carbocycles. The van der Waals surface area contributed by atoms with E-state index >= 15 is 0 Å². The highest BCUT2D eigenvalue weighted by molar-refractivity contribution is 5.34. The fraction of sp³-hybridized carbons (Fsp3) is 0.810. The standard InChI is InChI=1S/C42H64O4/c1-36(2)26-31-30-16-17-33-39(6)20-19-34-40(7,28-45-37(3,4)46-34)32(39)18-21-42(33,9)41(30,8)23-22-38(31,5)35(27-36)44-25-13-24-43-29-14-11-10-12-15-29/h10-12,14-16,31-35H,13,17-28H2,1-9H3/t31-,32?,33?,34-,35+,38+,39-,40+,41?,42+/m0/s1. The van der Waals surface area contributed by atoms with Gasteiger partial charge in [-0.1, -0.05) is 78.3 Å². The molecule has 7 rings (SSSR count). The monoisotopic (exact) mass is 632 g/mol. The molecule has 5 fully saturated rings. The maximum atomic E-state index is 6.91. The van der Waals surface area contributed by atoms with Crippen LogP contribution in [-0.4, -0.2) is 37.8 Å². The van der Waals surface area contributed by atoms with Gasteiger partial charge in [0.2, 0.25) is 0 Å². The molecule has 1 aromatic rings. The van der Waals surface area contributed by atoms with Crippen LogP contribution in [0.3, 0.4) is 0 Å². The Morgan fingerprint density at radius 1 is 0.761 bits per heavy atom. The van der Waals surface area contributed by atoms with Crippen molar-refractivity contribution in [1.29, 1.82) is 0 Å². The van der Waals surface area contributed by atoms with Crippen LogP contribution in [0.5, 0.6) is 5.75 Å². The van der Waals surface area contributed by atoms with Crippen LogP contribution in [0.2, 0.25) is 0 Å². The van der Waals surface area contributed by atoms with Crippen molar-refractivity contribution in [3.8, 4) is 5.75 Å². The average molecular weight is 633 g/mol. The van der Waals surface area contributed by atoms with E-state index in [1.807, 2.05) is 35.9 Å². The summed E-state index contributed by atoms with van der Waals surface area (Å²) in [7, 11) is 0. The Morgan fingerprint density at radius 3 is 2.28 bits per heavy atom. The third kappa shape index (κ3) is 5.00. The van der Waals surface area contributed by atoms with E-state index in [0.29, 0.717) is 47.4 Å². The predicted molar refractivity (Wildman–Crippen MR) is 186 cm³/mol. The minimum Gasteiger partial charge on any atom is -0.494 e. The molecule has 1 heterocycles. The highest BCUT2D eigenvalue weighted by Crippen LogP contribution is 2.76. The summed E-state index contributed by atoms with van der Waals surface area (Å²) in [5.41, 5.74) is 3.26. The molecule has 46 heavy (non-hydrogen) atoms. The van der Waals surface area contributed by atoms with Crippen LogP contribution in [0.4, 0.5) is 0 Å². The van der Waals surface area contributed by atoms with Gasteiger partial charge >= 0.3 is 0 Å². The van der Waals surface area contributed by atoms with E-state index in [-0.39, 0.29) is 21.7 Å². The van der Waals surface area contributed by atoms with Crippen molar-refractivity contribution in [2.24, 2.45) is 50.2 Å². The maximum absolute atomic E-state index is 6.91. The second-order valence-electron chi connectivity index (χ2n) is 19.1. The minimum atomic E-state index is -0.461. The topological polar surface area (TPSA) is 36.9 Å². The predicted octanol–water partition coefficient (Wildman–Crippen LogP) is 10.4. The van der Waals surface area contributed by atoms with Crippen molar-refractivity contribution in [3.63, 3.8) is 0 Å². The van der Waals surface area contributed by atoms with E-state index in [1.54, 1.807) is 0 Å². The molecule has 5 aliphatic carbocycles. The second-order valence-corrected chi connectivity index (χ2v) is 19.1. The molecule has 1 saturated heterocycles. The lowest BCUT2D eigenvalue weighted by molar-refractivity contribution is -0.351. The number of rotatable bonds is 6. The molecule has 4 nitrogen and oxygen atoms in total. The Bertz CT molecular complexity index is 1320. The smallest absolute Gasteiger partial charge is 0.163 e. The first-order valence-corrected chi connectivity index (χ1v) is 18.9. The summed E-state index contributed by atoms with van der Waals surface area (Å²) < 4.78 is 26.0. The fourth-order valence-corrected chi connectivity index (χ4v) is 12.8. The Kier molecular flexibility index (Phi) is 7.98. The number of hydrogen-bond acceptors (Lipinski definition) is 4. The largest absolute Gasteiger partial charge is 0.494 e. The highest BCUT2D eigenvalue weighted by atomic mass is 16.7. The van der Waals surface area contributed by atoms with Gasteiger partial charge in [0.25, 0.3) is 0 Å². The van der Waals surface area contributed by atoms with Gasteiger partial charge < -0.3 is 18.9 Å². The summed E-state index contributed by atoms with van der Waals surface area (Å²) in [5, 5.41) is 0. The van der Waals surface area contributed by atoms with Crippen molar-refractivity contribution >= 4 is 0 Å². The van der Waals surface area contributed by atoms with Crippen molar-refractivity contribution in [2.45, 2.75) is 145 Å². The first-order chi connectivity index (χ1) is 21.6. The van der Waals surface area contributed by atoms with Crippen LogP contribution in [0.25, 0.3) is 0 Å². The quantitative estimate of drug-likeness (QED) is 0.231. The van der Waals surface area contributed by atoms with Crippen molar-refractivity contribution in [3.05, 3.63) is 42.0 Å². The van der Waals surface area contributed by atoms with Gasteiger partial charge in [-0.15, -0.1) is 0 Å². The van der Waals surface area contributed by atoms with E-state index in [9.17, 15) is 0 Å². The molecule has 6 aliphatic rings. The zero-order valence-electron chi connectivity index (χ0n) is 30.7. The summed E-state index contributed by atoms with van der Waals surface area (Å²) in [5.74, 6) is 2.44. The van der Waals surface area contributed by atoms with Crippen molar-refractivity contribution in [1.82, 2.24) is 0 Å². The summed E-state index contributed by atoms with van der Waals surface area (Å²) in [6, 6.07) is 10.2. The molecule has 0 bridgehead atoms. The van der Waals surface area contributed by atoms with Gasteiger partial charge in [0.05, 0.1) is 32.0 Å². The SMILES string of the molecule is CC1(C)C[C@@H](OCCCOc2ccccc2)[C@]2(C)CCC3(C)C(=CCC4[C@@]5(C)CC[C@@H]6OC(C)(C)OC[C@]6(C)C5CC[C@]43C)[C@@H]2C1. The summed E-state index contributed by atoms with van der Waals surface area (Å²) in [6.45, 7) is 24.8. The van der Waals surface area contributed by atoms with Crippen LogP contribution >= 0.6 is 0 Å². The van der Waals surface area contributed by atoms with Gasteiger partial charge in [-0.2, -0.15) is 0 Å². The zero-order valence-corrected chi connectivity index (χ0v) is 30.7. The molecule has 0 amide bonds. The van der Waals surface area contributed by atoms with Gasteiger partial charge in [0.1, 0.15) is 5.75 Å². The summed E-state index contributed by atoms with van der Waals surface area (Å²) >= 11 is 0. The lowest BCUT2D eigenvalue weighted by Gasteiger charge is -2.72. The molecule has 3 unspecified atom stereocenters. The Balaban J connectivity index is 1.12. The number of allylic oxidation sites excluding steroid dienone is 2. The van der Waals surface area contributed by atoms with Crippen LogP contribution in [0.15, 0.2) is 42.0 Å². The second kappa shape index (κ2) is 11.1. The number of fused-ring (bicyclic) bond motifs is 9. The van der Waals surface area contributed by atoms with E-state index in [4.69, 9.17) is 18.9 Å². The lowest BCUT2D eigenvalue weighted by Crippen LogP contribution is -2.68. The third-order valence-corrected chi connectivity index (χ3v) is 15.6. The molecular weight excluding hydrogens is 568 g/mol. The van der Waals surface area contributed by atoms with E-state index in [1.165, 1.54) is 51.4 Å². The van der Waals surface area contributed by atoms with Crippen LogP contribution in [0.1, 0.15) is 127 Å². The average Bonchev–Trinajstić information content (AvgIpc) is 2.99. The normalized spacial score (nSPS) is 47.2. The third-order valence-electron chi connectivity index (χ3n) is 15.6. The Morgan fingerprint density at radius 2 is 1.52 bits per heavy atom. The Labute approximate surface area is 280 Å². The lowest BCUT2D eigenvalue weighted by atomic mass is 9.33. The van der Waals surface area contributed by atoms with Crippen LogP contribution in [-0.2, 0) is 14.2 Å². The zero-order chi connectivity index (χ0) is 32.8. The minimum absolute atomic E-state index is 0.101. The number of para-hydroxylation sites is 1. The van der Waals surface area contributed by atoms with Gasteiger partial charge in [0, 0.05) is 17.3 Å². The maximum Gasteiger partial charge on any atom is 0.163 e. The molecule has 0 spiro atoms. The van der Waals surface area contributed by atoms with Crippen molar-refractivity contribution in [2.75, 3.05) is 19.8 Å². The van der Waals surface area contributed by atoms with Gasteiger partial charge in [0.15, 0.2) is 5.79 Å². The van der Waals surface area contributed by atoms with E-state index in [0.717, 1.165) is 31.8 Å². The molecule has 0 radical (unpaired) electrons. The van der Waals surface area contributed by atoms with Crippen molar-refractivity contribution < 1.29 is 18.9 Å².